The van der Waals surface area contributed by atoms with Crippen LogP contribution in [0, 0.1) is 11.8 Å². The van der Waals surface area contributed by atoms with Crippen molar-refractivity contribution in [3.63, 3.8) is 0 Å². The summed E-state index contributed by atoms with van der Waals surface area (Å²) in [4.78, 5) is 14.6. The summed E-state index contributed by atoms with van der Waals surface area (Å²) in [6, 6.07) is 7.04. The number of carbonyl (C=O) groups excluding carboxylic acids is 1. The zero-order chi connectivity index (χ0) is 17.0. The molecule has 1 saturated heterocycles. The van der Waals surface area contributed by atoms with Crippen LogP contribution in [0.5, 0.6) is 0 Å². The Morgan fingerprint density at radius 2 is 2.08 bits per heavy atom. The van der Waals surface area contributed by atoms with Crippen LogP contribution in [0.2, 0.25) is 0 Å². The summed E-state index contributed by atoms with van der Waals surface area (Å²) in [6.07, 6.45) is 12.2. The number of rotatable bonds is 4. The number of likely N-dealkylation sites (tertiary alicyclic amines) is 1. The highest BCUT2D eigenvalue weighted by molar-refractivity contribution is 5.93. The van der Waals surface area contributed by atoms with Crippen LogP contribution in [0.15, 0.2) is 18.2 Å². The van der Waals surface area contributed by atoms with E-state index in [-0.39, 0.29) is 5.91 Å². The number of primary amides is 1. The van der Waals surface area contributed by atoms with Crippen molar-refractivity contribution in [2.75, 3.05) is 13.1 Å². The first-order valence-electron chi connectivity index (χ1n) is 10.3. The third kappa shape index (κ3) is 2.54. The lowest BCUT2D eigenvalue weighted by Gasteiger charge is -2.59. The number of hydrogen-bond acceptors (Lipinski definition) is 2. The van der Waals surface area contributed by atoms with Gasteiger partial charge in [0, 0.05) is 17.0 Å². The lowest BCUT2D eigenvalue weighted by Crippen LogP contribution is -2.61. The van der Waals surface area contributed by atoms with E-state index in [2.05, 4.69) is 17.0 Å². The smallest absolute Gasteiger partial charge is 0.248 e. The van der Waals surface area contributed by atoms with E-state index in [0.717, 1.165) is 17.9 Å². The standard InChI is InChI=1S/C22H30N2O/c23-21(25)17-7-6-16-14-20-18-3-1-2-9-22(18,19(16)13-17)10-12-24(20)11-8-15-4-5-15/h6-7,13,15,18,20H,1-5,8-12,14H2,(H2,23,25)/t18?,20-,22-/m1/s1. The van der Waals surface area contributed by atoms with Gasteiger partial charge in [0.1, 0.15) is 0 Å². The molecule has 0 radical (unpaired) electrons. The molecule has 1 heterocycles. The highest BCUT2D eigenvalue weighted by Gasteiger charge is 2.53. The summed E-state index contributed by atoms with van der Waals surface area (Å²) < 4.78 is 0. The van der Waals surface area contributed by atoms with Crippen molar-refractivity contribution < 1.29 is 4.79 Å². The number of benzene rings is 1. The van der Waals surface area contributed by atoms with Gasteiger partial charge >= 0.3 is 0 Å². The molecule has 3 aliphatic carbocycles. The van der Waals surface area contributed by atoms with E-state index >= 15 is 0 Å². The van der Waals surface area contributed by atoms with Crippen molar-refractivity contribution in [3.05, 3.63) is 34.9 Å². The van der Waals surface area contributed by atoms with Crippen LogP contribution in [-0.2, 0) is 11.8 Å². The topological polar surface area (TPSA) is 46.3 Å². The van der Waals surface area contributed by atoms with Gasteiger partial charge in [-0.05, 0) is 80.3 Å². The molecule has 1 amide bonds. The van der Waals surface area contributed by atoms with Gasteiger partial charge in [-0.15, -0.1) is 0 Å². The van der Waals surface area contributed by atoms with E-state index in [1.807, 2.05) is 6.07 Å². The first-order chi connectivity index (χ1) is 12.2. The monoisotopic (exact) mass is 338 g/mol. The van der Waals surface area contributed by atoms with Gasteiger partial charge in [0.25, 0.3) is 0 Å². The molecular weight excluding hydrogens is 308 g/mol. The van der Waals surface area contributed by atoms with E-state index in [1.165, 1.54) is 82.0 Å². The van der Waals surface area contributed by atoms with E-state index in [9.17, 15) is 4.79 Å². The first-order valence-corrected chi connectivity index (χ1v) is 10.3. The van der Waals surface area contributed by atoms with Crippen LogP contribution in [-0.4, -0.2) is 29.9 Å². The number of hydrogen-bond donors (Lipinski definition) is 1. The Labute approximate surface area is 151 Å². The predicted molar refractivity (Wildman–Crippen MR) is 99.6 cm³/mol. The summed E-state index contributed by atoms with van der Waals surface area (Å²) in [5.41, 5.74) is 9.58. The van der Waals surface area contributed by atoms with Gasteiger partial charge in [-0.2, -0.15) is 0 Å². The molecule has 2 saturated carbocycles. The summed E-state index contributed by atoms with van der Waals surface area (Å²) in [5, 5.41) is 0. The minimum atomic E-state index is -0.282. The highest BCUT2D eigenvalue weighted by Crippen LogP contribution is 2.56. The molecule has 5 rings (SSSR count). The highest BCUT2D eigenvalue weighted by atomic mass is 16.1. The number of nitrogens with two attached hydrogens (primary N) is 1. The van der Waals surface area contributed by atoms with Gasteiger partial charge in [-0.25, -0.2) is 0 Å². The fourth-order valence-corrected chi connectivity index (χ4v) is 6.27. The number of fused-ring (bicyclic) bond motifs is 1. The lowest BCUT2D eigenvalue weighted by atomic mass is 9.52. The normalized spacial score (nSPS) is 34.2. The molecule has 134 valence electrons. The zero-order valence-electron chi connectivity index (χ0n) is 15.2. The molecule has 1 aliphatic heterocycles. The van der Waals surface area contributed by atoms with Gasteiger partial charge in [-0.1, -0.05) is 31.7 Å². The van der Waals surface area contributed by atoms with Gasteiger partial charge in [0.15, 0.2) is 0 Å². The molecule has 0 aromatic heterocycles. The molecule has 1 aromatic rings. The molecule has 2 bridgehead atoms. The van der Waals surface area contributed by atoms with Gasteiger partial charge in [0.2, 0.25) is 5.91 Å². The fraction of sp³-hybridized carbons (Fsp3) is 0.682. The van der Waals surface area contributed by atoms with Crippen molar-refractivity contribution in [3.8, 4) is 0 Å². The Balaban J connectivity index is 1.52. The van der Waals surface area contributed by atoms with Crippen LogP contribution < -0.4 is 5.73 Å². The largest absolute Gasteiger partial charge is 0.366 e. The number of carbonyl (C=O) groups is 1. The Bertz CT molecular complexity index is 695. The second kappa shape index (κ2) is 5.84. The van der Waals surface area contributed by atoms with Crippen molar-refractivity contribution >= 4 is 5.91 Å². The Hall–Kier alpha value is -1.35. The van der Waals surface area contributed by atoms with Crippen LogP contribution in [0.1, 0.15) is 72.9 Å². The SMILES string of the molecule is NC(=O)c1ccc2c(c1)[C@@]13CCCCC1[C@@H](C2)N(CCC1CC1)CC3. The summed E-state index contributed by atoms with van der Waals surface area (Å²) in [7, 11) is 0. The zero-order valence-corrected chi connectivity index (χ0v) is 15.2. The van der Waals surface area contributed by atoms with Crippen LogP contribution in [0.4, 0.5) is 0 Å². The molecule has 0 spiro atoms. The Morgan fingerprint density at radius 3 is 2.88 bits per heavy atom. The third-order valence-corrected chi connectivity index (χ3v) is 7.76. The molecule has 3 heteroatoms. The molecule has 4 aliphatic rings. The summed E-state index contributed by atoms with van der Waals surface area (Å²) in [5.74, 6) is 1.52. The van der Waals surface area contributed by atoms with E-state index in [0.29, 0.717) is 11.0 Å². The lowest BCUT2D eigenvalue weighted by molar-refractivity contribution is -0.0122. The summed E-state index contributed by atoms with van der Waals surface area (Å²) >= 11 is 0. The predicted octanol–water partition coefficient (Wildman–Crippen LogP) is 3.64. The van der Waals surface area contributed by atoms with Crippen LogP contribution >= 0.6 is 0 Å². The van der Waals surface area contributed by atoms with Crippen molar-refractivity contribution in [1.82, 2.24) is 4.90 Å². The Morgan fingerprint density at radius 1 is 1.20 bits per heavy atom. The molecule has 3 atom stereocenters. The minimum Gasteiger partial charge on any atom is -0.366 e. The molecule has 2 N–H and O–H groups in total. The minimum absolute atomic E-state index is 0.282. The second-order valence-electron chi connectivity index (χ2n) is 9.03. The second-order valence-corrected chi connectivity index (χ2v) is 9.03. The number of nitrogens with zero attached hydrogens (tertiary/aromatic N) is 1. The first kappa shape index (κ1) is 15.9. The van der Waals surface area contributed by atoms with Gasteiger partial charge in [0.05, 0.1) is 0 Å². The van der Waals surface area contributed by atoms with E-state index < -0.39 is 0 Å². The number of piperidine rings is 1. The Kier molecular flexibility index (Phi) is 3.70. The molecule has 1 unspecified atom stereocenters. The van der Waals surface area contributed by atoms with Crippen LogP contribution in [0.25, 0.3) is 0 Å². The average Bonchev–Trinajstić information content (AvgIpc) is 3.45. The third-order valence-electron chi connectivity index (χ3n) is 7.76. The molecule has 1 aromatic carbocycles. The number of amides is 1. The maximum atomic E-state index is 11.7. The van der Waals surface area contributed by atoms with Gasteiger partial charge in [-0.3, -0.25) is 9.69 Å². The maximum Gasteiger partial charge on any atom is 0.248 e. The van der Waals surface area contributed by atoms with Crippen molar-refractivity contribution in [2.24, 2.45) is 17.6 Å². The van der Waals surface area contributed by atoms with Gasteiger partial charge < -0.3 is 5.73 Å². The molecular formula is C22H30N2O. The van der Waals surface area contributed by atoms with E-state index in [1.54, 1.807) is 0 Å². The summed E-state index contributed by atoms with van der Waals surface area (Å²) in [6.45, 7) is 2.55. The molecule has 25 heavy (non-hydrogen) atoms. The maximum absolute atomic E-state index is 11.7. The van der Waals surface area contributed by atoms with Crippen molar-refractivity contribution in [2.45, 2.75) is 69.2 Å². The quantitative estimate of drug-likeness (QED) is 0.911. The molecule has 3 fully saturated rings. The van der Waals surface area contributed by atoms with Crippen LogP contribution in [0.3, 0.4) is 0 Å². The average molecular weight is 338 g/mol. The fourth-order valence-electron chi connectivity index (χ4n) is 6.27. The van der Waals surface area contributed by atoms with E-state index in [4.69, 9.17) is 5.73 Å². The van der Waals surface area contributed by atoms with Crippen molar-refractivity contribution in [1.29, 1.82) is 0 Å². The molecule has 3 nitrogen and oxygen atoms in total.